The van der Waals surface area contributed by atoms with E-state index in [1.165, 1.54) is 12.1 Å². The number of halogens is 1. The molecule has 20 heavy (non-hydrogen) atoms. The van der Waals surface area contributed by atoms with Gasteiger partial charge in [-0.3, -0.25) is 0 Å². The van der Waals surface area contributed by atoms with Crippen LogP contribution in [0.15, 0.2) is 47.1 Å². The second-order valence-electron chi connectivity index (χ2n) is 4.22. The van der Waals surface area contributed by atoms with Gasteiger partial charge in [0.2, 0.25) is 11.7 Å². The van der Waals surface area contributed by atoms with E-state index in [-0.39, 0.29) is 5.75 Å². The quantitative estimate of drug-likeness (QED) is 0.792. The summed E-state index contributed by atoms with van der Waals surface area (Å²) >= 11 is 0. The molecule has 0 radical (unpaired) electrons. The van der Waals surface area contributed by atoms with E-state index in [1.807, 2.05) is 6.07 Å². The van der Waals surface area contributed by atoms with Gasteiger partial charge < -0.3 is 9.63 Å². The zero-order valence-electron chi connectivity index (χ0n) is 10.3. The van der Waals surface area contributed by atoms with E-state index >= 15 is 0 Å². The number of phenolic OH excluding ortho intramolecular Hbond substituents is 1. The molecule has 1 N–H and O–H groups in total. The molecule has 6 heteroatoms. The lowest BCUT2D eigenvalue weighted by Gasteiger charge is -1.97. The maximum absolute atomic E-state index is 12.8. The number of pyridine rings is 1. The van der Waals surface area contributed by atoms with Crippen molar-refractivity contribution < 1.29 is 14.0 Å². The number of rotatable bonds is 3. The van der Waals surface area contributed by atoms with Crippen molar-refractivity contribution in [3.63, 3.8) is 0 Å². The van der Waals surface area contributed by atoms with Crippen LogP contribution in [0.3, 0.4) is 0 Å². The molecule has 2 heterocycles. The van der Waals surface area contributed by atoms with E-state index in [2.05, 4.69) is 15.1 Å². The van der Waals surface area contributed by atoms with E-state index in [0.29, 0.717) is 23.8 Å². The molecule has 0 fully saturated rings. The smallest absolute Gasteiger partial charge is 0.231 e. The molecule has 0 atom stereocenters. The normalized spacial score (nSPS) is 10.7. The minimum Gasteiger partial charge on any atom is -0.508 e. The minimum atomic E-state index is -0.419. The maximum atomic E-state index is 12.8. The summed E-state index contributed by atoms with van der Waals surface area (Å²) in [4.78, 5) is 8.07. The molecule has 3 aromatic rings. The highest BCUT2D eigenvalue weighted by atomic mass is 19.1. The first-order valence-electron chi connectivity index (χ1n) is 5.93. The number of benzene rings is 1. The van der Waals surface area contributed by atoms with Gasteiger partial charge in [-0.25, -0.2) is 9.37 Å². The molecule has 0 spiro atoms. The summed E-state index contributed by atoms with van der Waals surface area (Å²) in [6.45, 7) is 0. The Morgan fingerprint density at radius 1 is 1.20 bits per heavy atom. The van der Waals surface area contributed by atoms with E-state index in [4.69, 9.17) is 4.52 Å². The third-order valence-electron chi connectivity index (χ3n) is 2.69. The standard InChI is InChI=1S/C14H10FN3O2/c15-10-4-5-12(16-8-10)14-17-13(20-18-14)7-9-2-1-3-11(19)6-9/h1-6,8,19H,7H2. The van der Waals surface area contributed by atoms with Gasteiger partial charge in [0.05, 0.1) is 12.6 Å². The lowest BCUT2D eigenvalue weighted by molar-refractivity contribution is 0.385. The molecule has 0 saturated heterocycles. The zero-order valence-corrected chi connectivity index (χ0v) is 10.3. The van der Waals surface area contributed by atoms with Crippen LogP contribution >= 0.6 is 0 Å². The number of aromatic hydroxyl groups is 1. The minimum absolute atomic E-state index is 0.183. The van der Waals surface area contributed by atoms with Crippen molar-refractivity contribution >= 4 is 0 Å². The van der Waals surface area contributed by atoms with Crippen LogP contribution < -0.4 is 0 Å². The van der Waals surface area contributed by atoms with Crippen molar-refractivity contribution in [1.29, 1.82) is 0 Å². The number of phenols is 1. The average molecular weight is 271 g/mol. The van der Waals surface area contributed by atoms with Crippen LogP contribution in [0.5, 0.6) is 5.75 Å². The topological polar surface area (TPSA) is 72.0 Å². The van der Waals surface area contributed by atoms with E-state index in [1.54, 1.807) is 18.2 Å². The van der Waals surface area contributed by atoms with Gasteiger partial charge in [-0.1, -0.05) is 17.3 Å². The number of aromatic nitrogens is 3. The summed E-state index contributed by atoms with van der Waals surface area (Å²) in [7, 11) is 0. The van der Waals surface area contributed by atoms with Gasteiger partial charge in [-0.05, 0) is 29.8 Å². The van der Waals surface area contributed by atoms with Gasteiger partial charge in [0.25, 0.3) is 0 Å². The lowest BCUT2D eigenvalue weighted by Crippen LogP contribution is -1.89. The molecule has 0 bridgehead atoms. The molecular formula is C14H10FN3O2. The monoisotopic (exact) mass is 271 g/mol. The summed E-state index contributed by atoms with van der Waals surface area (Å²) in [5.74, 6) is 0.469. The molecule has 100 valence electrons. The molecule has 0 amide bonds. The predicted octanol–water partition coefficient (Wildman–Crippen LogP) is 2.57. The fourth-order valence-electron chi connectivity index (χ4n) is 1.78. The Kier molecular flexibility index (Phi) is 3.12. The first kappa shape index (κ1) is 12.3. The molecular weight excluding hydrogens is 261 g/mol. The largest absolute Gasteiger partial charge is 0.508 e. The Morgan fingerprint density at radius 2 is 2.10 bits per heavy atom. The first-order chi connectivity index (χ1) is 9.70. The Balaban J connectivity index is 1.82. The summed E-state index contributed by atoms with van der Waals surface area (Å²) in [6, 6.07) is 9.57. The Bertz CT molecular complexity index is 725. The van der Waals surface area contributed by atoms with Gasteiger partial charge in [0.1, 0.15) is 17.3 Å². The summed E-state index contributed by atoms with van der Waals surface area (Å²) < 4.78 is 17.9. The number of nitrogens with zero attached hydrogens (tertiary/aromatic N) is 3. The molecule has 3 rings (SSSR count). The summed E-state index contributed by atoms with van der Waals surface area (Å²) in [6.07, 6.45) is 1.50. The third kappa shape index (κ3) is 2.64. The fraction of sp³-hybridized carbons (Fsp3) is 0.0714. The average Bonchev–Trinajstić information content (AvgIpc) is 2.88. The summed E-state index contributed by atoms with van der Waals surface area (Å²) in [5, 5.41) is 13.2. The summed E-state index contributed by atoms with van der Waals surface area (Å²) in [5.41, 5.74) is 1.30. The highest BCUT2D eigenvalue weighted by molar-refractivity contribution is 5.47. The predicted molar refractivity (Wildman–Crippen MR) is 68.4 cm³/mol. The van der Waals surface area contributed by atoms with Gasteiger partial charge in [-0.2, -0.15) is 4.98 Å². The molecule has 5 nitrogen and oxygen atoms in total. The van der Waals surface area contributed by atoms with Crippen LogP contribution in [0.4, 0.5) is 4.39 Å². The maximum Gasteiger partial charge on any atom is 0.231 e. The van der Waals surface area contributed by atoms with Crippen molar-refractivity contribution in [3.8, 4) is 17.3 Å². The molecule has 2 aromatic heterocycles. The van der Waals surface area contributed by atoms with Crippen LogP contribution in [0, 0.1) is 5.82 Å². The Hall–Kier alpha value is -2.76. The van der Waals surface area contributed by atoms with Gasteiger partial charge >= 0.3 is 0 Å². The van der Waals surface area contributed by atoms with Crippen molar-refractivity contribution in [3.05, 3.63) is 59.9 Å². The van der Waals surface area contributed by atoms with Crippen molar-refractivity contribution in [1.82, 2.24) is 15.1 Å². The number of hydrogen-bond acceptors (Lipinski definition) is 5. The van der Waals surface area contributed by atoms with Crippen LogP contribution in [0.25, 0.3) is 11.5 Å². The zero-order chi connectivity index (χ0) is 13.9. The molecule has 0 unspecified atom stereocenters. The van der Waals surface area contributed by atoms with Crippen LogP contribution in [0.1, 0.15) is 11.5 Å². The van der Waals surface area contributed by atoms with Gasteiger partial charge in [-0.15, -0.1) is 0 Å². The van der Waals surface area contributed by atoms with Crippen LogP contribution in [-0.2, 0) is 6.42 Å². The Labute approximate surface area is 113 Å². The first-order valence-corrected chi connectivity index (χ1v) is 5.93. The molecule has 0 aliphatic heterocycles. The molecule has 0 aliphatic rings. The number of hydrogen-bond donors (Lipinski definition) is 1. The van der Waals surface area contributed by atoms with Gasteiger partial charge in [0.15, 0.2) is 0 Å². The van der Waals surface area contributed by atoms with E-state index in [9.17, 15) is 9.50 Å². The Morgan fingerprint density at radius 3 is 2.85 bits per heavy atom. The second kappa shape index (κ2) is 5.08. The van der Waals surface area contributed by atoms with E-state index in [0.717, 1.165) is 11.8 Å². The lowest BCUT2D eigenvalue weighted by atomic mass is 10.1. The van der Waals surface area contributed by atoms with E-state index < -0.39 is 5.82 Å². The van der Waals surface area contributed by atoms with Crippen molar-refractivity contribution in [2.75, 3.05) is 0 Å². The second-order valence-corrected chi connectivity index (χ2v) is 4.22. The highest BCUT2D eigenvalue weighted by Gasteiger charge is 2.10. The fourth-order valence-corrected chi connectivity index (χ4v) is 1.78. The van der Waals surface area contributed by atoms with Crippen molar-refractivity contribution in [2.45, 2.75) is 6.42 Å². The van der Waals surface area contributed by atoms with Crippen LogP contribution in [-0.4, -0.2) is 20.2 Å². The SMILES string of the molecule is Oc1cccc(Cc2nc(-c3ccc(F)cn3)no2)c1. The van der Waals surface area contributed by atoms with Crippen LogP contribution in [0.2, 0.25) is 0 Å². The third-order valence-corrected chi connectivity index (χ3v) is 2.69. The molecule has 0 aliphatic carbocycles. The van der Waals surface area contributed by atoms with Crippen molar-refractivity contribution in [2.24, 2.45) is 0 Å². The molecule has 1 aromatic carbocycles. The van der Waals surface area contributed by atoms with Gasteiger partial charge in [0, 0.05) is 0 Å². The molecule has 0 saturated carbocycles. The highest BCUT2D eigenvalue weighted by Crippen LogP contribution is 2.17.